The standard InChI is InChI=1S/C15H13N3O2/c19-15-9-5-4-8-13(15)10-16-18-14(11-17-20)12-6-2-1-3-7-12/h1-11,19-20H/b16-10+,17-11+,18-14+. The first kappa shape index (κ1) is 13.5. The minimum Gasteiger partial charge on any atom is -0.507 e. The summed E-state index contributed by atoms with van der Waals surface area (Å²) >= 11 is 0. The Morgan fingerprint density at radius 3 is 2.35 bits per heavy atom. The predicted molar refractivity (Wildman–Crippen MR) is 79.0 cm³/mol. The maximum Gasteiger partial charge on any atom is 0.124 e. The molecular formula is C15H13N3O2. The summed E-state index contributed by atoms with van der Waals surface area (Å²) in [5.74, 6) is 0.128. The Morgan fingerprint density at radius 2 is 1.65 bits per heavy atom. The third-order valence-corrected chi connectivity index (χ3v) is 2.55. The zero-order valence-electron chi connectivity index (χ0n) is 10.6. The van der Waals surface area contributed by atoms with Crippen molar-refractivity contribution in [3.63, 3.8) is 0 Å². The lowest BCUT2D eigenvalue weighted by Gasteiger charge is -1.98. The number of benzene rings is 2. The van der Waals surface area contributed by atoms with Gasteiger partial charge in [-0.15, -0.1) is 5.10 Å². The van der Waals surface area contributed by atoms with E-state index < -0.39 is 0 Å². The zero-order chi connectivity index (χ0) is 14.2. The van der Waals surface area contributed by atoms with Crippen molar-refractivity contribution in [2.24, 2.45) is 15.4 Å². The summed E-state index contributed by atoms with van der Waals surface area (Å²) in [5, 5.41) is 29.1. The summed E-state index contributed by atoms with van der Waals surface area (Å²) in [4.78, 5) is 0. The third-order valence-electron chi connectivity index (χ3n) is 2.55. The van der Waals surface area contributed by atoms with Crippen molar-refractivity contribution >= 4 is 18.1 Å². The van der Waals surface area contributed by atoms with Gasteiger partial charge in [-0.1, -0.05) is 47.6 Å². The fourth-order valence-corrected chi connectivity index (χ4v) is 1.57. The molecule has 0 amide bonds. The molecule has 5 nitrogen and oxygen atoms in total. The van der Waals surface area contributed by atoms with Gasteiger partial charge in [0.1, 0.15) is 11.5 Å². The molecule has 0 aliphatic heterocycles. The maximum absolute atomic E-state index is 9.59. The summed E-state index contributed by atoms with van der Waals surface area (Å²) in [7, 11) is 0. The summed E-state index contributed by atoms with van der Waals surface area (Å²) in [5.41, 5.74) is 1.75. The van der Waals surface area contributed by atoms with Crippen LogP contribution in [0.15, 0.2) is 70.0 Å². The van der Waals surface area contributed by atoms with Crippen molar-refractivity contribution in [2.45, 2.75) is 0 Å². The van der Waals surface area contributed by atoms with Crippen LogP contribution in [0.25, 0.3) is 0 Å². The smallest absolute Gasteiger partial charge is 0.124 e. The molecule has 0 bridgehead atoms. The first-order valence-electron chi connectivity index (χ1n) is 5.93. The normalized spacial score (nSPS) is 12.3. The highest BCUT2D eigenvalue weighted by Gasteiger charge is 1.99. The van der Waals surface area contributed by atoms with E-state index in [0.29, 0.717) is 11.3 Å². The van der Waals surface area contributed by atoms with Gasteiger partial charge in [-0.25, -0.2) is 0 Å². The number of phenolic OH excluding ortho intramolecular Hbond substituents is 1. The third kappa shape index (κ3) is 3.52. The summed E-state index contributed by atoms with van der Waals surface area (Å²) in [6.45, 7) is 0. The van der Waals surface area contributed by atoms with Gasteiger partial charge in [0.15, 0.2) is 0 Å². The minimum absolute atomic E-state index is 0.128. The molecule has 0 fully saturated rings. The Bertz CT molecular complexity index is 649. The van der Waals surface area contributed by atoms with E-state index in [4.69, 9.17) is 5.21 Å². The molecule has 0 saturated carbocycles. The molecular weight excluding hydrogens is 254 g/mol. The van der Waals surface area contributed by atoms with E-state index in [1.54, 1.807) is 24.3 Å². The lowest BCUT2D eigenvalue weighted by Crippen LogP contribution is -2.01. The van der Waals surface area contributed by atoms with Crippen molar-refractivity contribution in [1.82, 2.24) is 0 Å². The van der Waals surface area contributed by atoms with Gasteiger partial charge in [0.05, 0.1) is 12.4 Å². The van der Waals surface area contributed by atoms with Crippen molar-refractivity contribution in [3.8, 4) is 5.75 Å². The second-order valence-electron chi connectivity index (χ2n) is 3.90. The van der Waals surface area contributed by atoms with Crippen LogP contribution in [-0.4, -0.2) is 28.5 Å². The van der Waals surface area contributed by atoms with Gasteiger partial charge < -0.3 is 10.3 Å². The minimum atomic E-state index is 0.128. The van der Waals surface area contributed by atoms with Crippen LogP contribution in [-0.2, 0) is 0 Å². The van der Waals surface area contributed by atoms with Gasteiger partial charge in [-0.05, 0) is 12.1 Å². The van der Waals surface area contributed by atoms with E-state index >= 15 is 0 Å². The van der Waals surface area contributed by atoms with Crippen LogP contribution in [0.3, 0.4) is 0 Å². The van der Waals surface area contributed by atoms with Crippen molar-refractivity contribution in [2.75, 3.05) is 0 Å². The Labute approximate surface area is 116 Å². The number of rotatable bonds is 4. The molecule has 100 valence electrons. The fraction of sp³-hybridized carbons (Fsp3) is 0. The van der Waals surface area contributed by atoms with E-state index in [1.165, 1.54) is 12.4 Å². The van der Waals surface area contributed by atoms with E-state index in [0.717, 1.165) is 5.56 Å². The molecule has 20 heavy (non-hydrogen) atoms. The highest BCUT2D eigenvalue weighted by Crippen LogP contribution is 2.12. The fourth-order valence-electron chi connectivity index (χ4n) is 1.57. The molecule has 0 radical (unpaired) electrons. The lowest BCUT2D eigenvalue weighted by atomic mass is 10.1. The summed E-state index contributed by atoms with van der Waals surface area (Å²) in [6, 6.07) is 16.0. The highest BCUT2D eigenvalue weighted by atomic mass is 16.4. The molecule has 0 aliphatic rings. The van der Waals surface area contributed by atoms with E-state index in [9.17, 15) is 5.11 Å². The first-order valence-corrected chi connectivity index (χ1v) is 5.93. The summed E-state index contributed by atoms with van der Waals surface area (Å²) < 4.78 is 0. The molecule has 0 aliphatic carbocycles. The molecule has 0 spiro atoms. The number of nitrogens with zero attached hydrogens (tertiary/aromatic N) is 3. The average molecular weight is 267 g/mol. The second kappa shape index (κ2) is 6.84. The molecule has 2 rings (SSSR count). The van der Waals surface area contributed by atoms with Gasteiger partial charge >= 0.3 is 0 Å². The van der Waals surface area contributed by atoms with Crippen molar-refractivity contribution < 1.29 is 10.3 Å². The van der Waals surface area contributed by atoms with Crippen LogP contribution in [0.1, 0.15) is 11.1 Å². The average Bonchev–Trinajstić information content (AvgIpc) is 2.49. The van der Waals surface area contributed by atoms with Crippen molar-refractivity contribution in [3.05, 3.63) is 65.7 Å². The van der Waals surface area contributed by atoms with Gasteiger partial charge in [0.2, 0.25) is 0 Å². The Balaban J connectivity index is 2.25. The summed E-state index contributed by atoms with van der Waals surface area (Å²) in [6.07, 6.45) is 2.64. The number of hydrogen-bond donors (Lipinski definition) is 2. The van der Waals surface area contributed by atoms with Crippen LogP contribution < -0.4 is 0 Å². The predicted octanol–water partition coefficient (Wildman–Crippen LogP) is 2.68. The monoisotopic (exact) mass is 267 g/mol. The molecule has 5 heteroatoms. The zero-order valence-corrected chi connectivity index (χ0v) is 10.6. The number of oxime groups is 1. The number of phenols is 1. The largest absolute Gasteiger partial charge is 0.507 e. The topological polar surface area (TPSA) is 77.5 Å². The molecule has 0 unspecified atom stereocenters. The first-order chi connectivity index (χ1) is 9.81. The van der Waals surface area contributed by atoms with E-state index in [2.05, 4.69) is 15.4 Å². The Hall–Kier alpha value is -2.95. The molecule has 2 aromatic carbocycles. The molecule has 2 aromatic rings. The molecule has 0 saturated heterocycles. The van der Waals surface area contributed by atoms with Gasteiger partial charge in [0.25, 0.3) is 0 Å². The number of hydrogen-bond acceptors (Lipinski definition) is 5. The number of aromatic hydroxyl groups is 1. The van der Waals surface area contributed by atoms with Gasteiger partial charge in [-0.3, -0.25) is 0 Å². The molecule has 2 N–H and O–H groups in total. The van der Waals surface area contributed by atoms with Gasteiger partial charge in [-0.2, -0.15) is 5.10 Å². The van der Waals surface area contributed by atoms with Crippen LogP contribution in [0.4, 0.5) is 0 Å². The van der Waals surface area contributed by atoms with Crippen LogP contribution in [0.5, 0.6) is 5.75 Å². The number of para-hydroxylation sites is 1. The molecule has 0 atom stereocenters. The van der Waals surface area contributed by atoms with Crippen molar-refractivity contribution in [1.29, 1.82) is 0 Å². The van der Waals surface area contributed by atoms with Crippen LogP contribution >= 0.6 is 0 Å². The van der Waals surface area contributed by atoms with E-state index in [1.807, 2.05) is 30.3 Å². The molecule has 0 heterocycles. The molecule has 0 aromatic heterocycles. The Morgan fingerprint density at radius 1 is 0.950 bits per heavy atom. The second-order valence-corrected chi connectivity index (χ2v) is 3.90. The SMILES string of the molecule is O/N=C/C(=N\N=C\c1ccccc1O)c1ccccc1. The highest BCUT2D eigenvalue weighted by molar-refractivity contribution is 6.38. The van der Waals surface area contributed by atoms with Crippen LogP contribution in [0.2, 0.25) is 0 Å². The van der Waals surface area contributed by atoms with Crippen LogP contribution in [0, 0.1) is 0 Å². The van der Waals surface area contributed by atoms with Gasteiger partial charge in [0, 0.05) is 11.1 Å². The Kier molecular flexibility index (Phi) is 4.61. The lowest BCUT2D eigenvalue weighted by molar-refractivity contribution is 0.322. The maximum atomic E-state index is 9.59. The quantitative estimate of drug-likeness (QED) is 0.507. The van der Waals surface area contributed by atoms with E-state index in [-0.39, 0.29) is 5.75 Å².